The van der Waals surface area contributed by atoms with Gasteiger partial charge >= 0.3 is 0 Å². The summed E-state index contributed by atoms with van der Waals surface area (Å²) in [5, 5.41) is 0. The molecule has 1 saturated heterocycles. The van der Waals surface area contributed by atoms with E-state index in [0.29, 0.717) is 6.54 Å². The van der Waals surface area contributed by atoms with Crippen molar-refractivity contribution in [3.8, 4) is 0 Å². The molecule has 15 heavy (non-hydrogen) atoms. The van der Waals surface area contributed by atoms with Crippen LogP contribution >= 0.6 is 0 Å². The highest BCUT2D eigenvalue weighted by molar-refractivity contribution is 5.47. The zero-order valence-electron chi connectivity index (χ0n) is 8.89. The summed E-state index contributed by atoms with van der Waals surface area (Å²) in [4.78, 5) is 6.89. The highest BCUT2D eigenvalue weighted by atomic mass is 15.2. The van der Waals surface area contributed by atoms with Crippen LogP contribution in [0.15, 0.2) is 18.3 Å². The molecule has 1 aliphatic carbocycles. The third-order valence-corrected chi connectivity index (χ3v) is 3.68. The van der Waals surface area contributed by atoms with E-state index in [9.17, 15) is 0 Å². The molecule has 2 atom stereocenters. The van der Waals surface area contributed by atoms with Crippen molar-refractivity contribution >= 4 is 5.82 Å². The number of aromatic nitrogens is 1. The normalized spacial score (nSPS) is 28.7. The molecule has 2 fully saturated rings. The molecule has 1 aromatic heterocycles. The predicted molar refractivity (Wildman–Crippen MR) is 60.6 cm³/mol. The average molecular weight is 203 g/mol. The van der Waals surface area contributed by atoms with Crippen LogP contribution in [0, 0.1) is 11.8 Å². The molecule has 3 nitrogen and oxygen atoms in total. The van der Waals surface area contributed by atoms with Crippen molar-refractivity contribution in [2.75, 3.05) is 18.0 Å². The third kappa shape index (κ3) is 1.61. The van der Waals surface area contributed by atoms with E-state index >= 15 is 0 Å². The van der Waals surface area contributed by atoms with E-state index in [4.69, 9.17) is 5.73 Å². The van der Waals surface area contributed by atoms with Gasteiger partial charge in [-0.05, 0) is 30.7 Å². The van der Waals surface area contributed by atoms with Crippen molar-refractivity contribution < 1.29 is 0 Å². The second-order valence-electron chi connectivity index (χ2n) is 4.68. The summed E-state index contributed by atoms with van der Waals surface area (Å²) in [5.41, 5.74) is 6.91. The van der Waals surface area contributed by atoms with Gasteiger partial charge in [0.2, 0.25) is 0 Å². The molecule has 0 spiro atoms. The second-order valence-corrected chi connectivity index (χ2v) is 4.68. The number of fused-ring (bicyclic) bond motifs is 1. The van der Waals surface area contributed by atoms with Crippen LogP contribution in [0.2, 0.25) is 0 Å². The zero-order valence-corrected chi connectivity index (χ0v) is 8.89. The fraction of sp³-hybridized carbons (Fsp3) is 0.583. The lowest BCUT2D eigenvalue weighted by Crippen LogP contribution is -2.33. The van der Waals surface area contributed by atoms with E-state index < -0.39 is 0 Å². The van der Waals surface area contributed by atoms with Gasteiger partial charge in [0.15, 0.2) is 0 Å². The predicted octanol–water partition coefficient (Wildman–Crippen LogP) is 1.39. The lowest BCUT2D eigenvalue weighted by atomic mass is 10.1. The van der Waals surface area contributed by atoms with Gasteiger partial charge in [0.05, 0.1) is 0 Å². The van der Waals surface area contributed by atoms with E-state index in [0.717, 1.165) is 24.2 Å². The Kier molecular flexibility index (Phi) is 2.13. The van der Waals surface area contributed by atoms with E-state index in [2.05, 4.69) is 16.0 Å². The maximum Gasteiger partial charge on any atom is 0.133 e. The van der Waals surface area contributed by atoms with Gasteiger partial charge in [0.25, 0.3) is 0 Å². The summed E-state index contributed by atoms with van der Waals surface area (Å²) in [5.74, 6) is 3.07. The number of nitrogens with zero attached hydrogens (tertiary/aromatic N) is 2. The lowest BCUT2D eigenvalue weighted by Gasteiger charge is -2.28. The smallest absolute Gasteiger partial charge is 0.133 e. The summed E-state index contributed by atoms with van der Waals surface area (Å²) in [6, 6.07) is 4.05. The molecule has 3 rings (SSSR count). The summed E-state index contributed by atoms with van der Waals surface area (Å²) < 4.78 is 0. The van der Waals surface area contributed by atoms with Crippen LogP contribution in [0.25, 0.3) is 0 Å². The van der Waals surface area contributed by atoms with Crippen LogP contribution in [0.5, 0.6) is 0 Å². The van der Waals surface area contributed by atoms with Crippen molar-refractivity contribution in [3.63, 3.8) is 0 Å². The maximum atomic E-state index is 5.74. The number of hydrogen-bond acceptors (Lipinski definition) is 3. The second kappa shape index (κ2) is 3.49. The van der Waals surface area contributed by atoms with Crippen LogP contribution in [0.4, 0.5) is 5.82 Å². The average Bonchev–Trinajstić information content (AvgIpc) is 3.07. The summed E-state index contributed by atoms with van der Waals surface area (Å²) >= 11 is 0. The van der Waals surface area contributed by atoms with Gasteiger partial charge in [0.1, 0.15) is 5.82 Å². The maximum absolute atomic E-state index is 5.74. The molecule has 0 radical (unpaired) electrons. The molecule has 2 heterocycles. The molecule has 1 aliphatic heterocycles. The highest BCUT2D eigenvalue weighted by Crippen LogP contribution is 2.45. The fourth-order valence-corrected chi connectivity index (χ4v) is 2.65. The quantitative estimate of drug-likeness (QED) is 0.789. The van der Waals surface area contributed by atoms with E-state index in [-0.39, 0.29) is 0 Å². The molecule has 2 N–H and O–H groups in total. The van der Waals surface area contributed by atoms with Crippen molar-refractivity contribution in [3.05, 3.63) is 23.9 Å². The minimum absolute atomic E-state index is 0.591. The van der Waals surface area contributed by atoms with Gasteiger partial charge in [-0.1, -0.05) is 6.07 Å². The summed E-state index contributed by atoms with van der Waals surface area (Å²) in [6.45, 7) is 2.94. The minimum atomic E-state index is 0.591. The summed E-state index contributed by atoms with van der Waals surface area (Å²) in [7, 11) is 0. The Morgan fingerprint density at radius 1 is 1.47 bits per heavy atom. The van der Waals surface area contributed by atoms with Crippen molar-refractivity contribution in [2.24, 2.45) is 17.6 Å². The number of nitrogens with two attached hydrogens (primary N) is 1. The molecular formula is C12H17N3. The first-order valence-corrected chi connectivity index (χ1v) is 5.77. The standard InChI is InChI=1S/C12H17N3/c13-7-10-2-1-4-14-12(10)15-5-3-9-6-11(9)8-15/h1-2,4,9,11H,3,5-8,13H2. The van der Waals surface area contributed by atoms with Crippen LogP contribution in [-0.2, 0) is 6.54 Å². The van der Waals surface area contributed by atoms with Crippen molar-refractivity contribution in [1.82, 2.24) is 4.98 Å². The number of hydrogen-bond donors (Lipinski definition) is 1. The molecule has 1 saturated carbocycles. The van der Waals surface area contributed by atoms with Gasteiger partial charge < -0.3 is 10.6 Å². The SMILES string of the molecule is NCc1cccnc1N1CCC2CC2C1. The first-order valence-electron chi connectivity index (χ1n) is 5.77. The fourth-order valence-electron chi connectivity index (χ4n) is 2.65. The minimum Gasteiger partial charge on any atom is -0.356 e. The molecule has 2 aliphatic rings. The topological polar surface area (TPSA) is 42.1 Å². The zero-order chi connectivity index (χ0) is 10.3. The van der Waals surface area contributed by atoms with Gasteiger partial charge in [-0.2, -0.15) is 0 Å². The molecule has 0 aromatic carbocycles. The Hall–Kier alpha value is -1.09. The highest BCUT2D eigenvalue weighted by Gasteiger charge is 2.41. The summed E-state index contributed by atoms with van der Waals surface area (Å²) in [6.07, 6.45) is 4.64. The number of piperidine rings is 1. The van der Waals surface area contributed by atoms with Gasteiger partial charge in [0, 0.05) is 31.4 Å². The third-order valence-electron chi connectivity index (χ3n) is 3.68. The molecule has 0 amide bonds. The van der Waals surface area contributed by atoms with Crippen molar-refractivity contribution in [1.29, 1.82) is 0 Å². The monoisotopic (exact) mass is 203 g/mol. The van der Waals surface area contributed by atoms with Gasteiger partial charge in [-0.25, -0.2) is 4.98 Å². The Morgan fingerprint density at radius 3 is 3.20 bits per heavy atom. The van der Waals surface area contributed by atoms with Crippen LogP contribution in [0.3, 0.4) is 0 Å². The van der Waals surface area contributed by atoms with E-state index in [1.54, 1.807) is 0 Å². The first kappa shape index (κ1) is 9.16. The Morgan fingerprint density at radius 2 is 2.40 bits per heavy atom. The number of rotatable bonds is 2. The molecule has 0 bridgehead atoms. The van der Waals surface area contributed by atoms with E-state index in [1.807, 2.05) is 12.3 Å². The van der Waals surface area contributed by atoms with Gasteiger partial charge in [-0.15, -0.1) is 0 Å². The molecule has 2 unspecified atom stereocenters. The molecule has 80 valence electrons. The van der Waals surface area contributed by atoms with E-state index in [1.165, 1.54) is 24.9 Å². The first-order chi connectivity index (χ1) is 7.38. The van der Waals surface area contributed by atoms with Gasteiger partial charge in [-0.3, -0.25) is 0 Å². The molecule has 3 heteroatoms. The van der Waals surface area contributed by atoms with Crippen LogP contribution in [0.1, 0.15) is 18.4 Å². The largest absolute Gasteiger partial charge is 0.356 e. The Labute approximate surface area is 90.3 Å². The number of anilines is 1. The van der Waals surface area contributed by atoms with Crippen molar-refractivity contribution in [2.45, 2.75) is 19.4 Å². The lowest BCUT2D eigenvalue weighted by molar-refractivity contribution is 0.545. The molecular weight excluding hydrogens is 186 g/mol. The van der Waals surface area contributed by atoms with Crippen LogP contribution in [-0.4, -0.2) is 18.1 Å². The Balaban J connectivity index is 1.84. The molecule has 1 aromatic rings. The van der Waals surface area contributed by atoms with Crippen LogP contribution < -0.4 is 10.6 Å². The number of pyridine rings is 1. The Bertz CT molecular complexity index is 364.